The Morgan fingerprint density at radius 1 is 1.26 bits per heavy atom. The second-order valence-electron chi connectivity index (χ2n) is 11.2. The first-order chi connectivity index (χ1) is 16.2. The molecule has 180 valence electrons. The first-order valence-corrected chi connectivity index (χ1v) is 12.0. The molecule has 1 amide bonds. The number of anilines is 2. The lowest BCUT2D eigenvalue weighted by molar-refractivity contribution is -0.0532. The quantitative estimate of drug-likeness (QED) is 0.515. The van der Waals surface area contributed by atoms with E-state index in [2.05, 4.69) is 51.7 Å². The monoisotopic (exact) mass is 467 g/mol. The Bertz CT molecular complexity index is 1230. The zero-order valence-electron chi connectivity index (χ0n) is 19.6. The van der Waals surface area contributed by atoms with Gasteiger partial charge in [-0.05, 0) is 44.1 Å². The second-order valence-corrected chi connectivity index (χ2v) is 11.2. The molecule has 2 bridgehead atoms. The van der Waals surface area contributed by atoms with E-state index < -0.39 is 24.3 Å². The van der Waals surface area contributed by atoms with Crippen molar-refractivity contribution in [2.45, 2.75) is 82.0 Å². The van der Waals surface area contributed by atoms with Crippen LogP contribution in [0.15, 0.2) is 24.5 Å². The van der Waals surface area contributed by atoms with E-state index >= 15 is 4.39 Å². The number of hydrogen-bond donors (Lipinski definition) is 3. The summed E-state index contributed by atoms with van der Waals surface area (Å²) in [4.78, 5) is 16.7. The molecule has 4 fully saturated rings. The van der Waals surface area contributed by atoms with Crippen molar-refractivity contribution in [3.63, 3.8) is 0 Å². The molecule has 7 rings (SSSR count). The van der Waals surface area contributed by atoms with Crippen molar-refractivity contribution in [2.24, 2.45) is 5.92 Å². The molecule has 0 spiro atoms. The standard InChI is InChI=1S/C24H30FN7O2/c1-23(2,3)18-9-16-21(26-6-7-32(16)31-18)27-19-8-15(29-30-19)14-4-5-17(20(14)25)34-22(33)28-24-10-13(11-24)12-24/h6-9,13-14,17,20H,4-5,10-12H2,1-3H3,(H,28,33)(H2,26,27,29,30)/t13?,14-,17-,20+,24?/m1/s1. The summed E-state index contributed by atoms with van der Waals surface area (Å²) in [5.41, 5.74) is 2.31. The molecular formula is C24H30FN7O2. The van der Waals surface area contributed by atoms with Crippen molar-refractivity contribution in [3.8, 4) is 0 Å². The highest BCUT2D eigenvalue weighted by Crippen LogP contribution is 2.57. The van der Waals surface area contributed by atoms with Gasteiger partial charge in [-0.25, -0.2) is 18.7 Å². The molecule has 9 nitrogen and oxygen atoms in total. The van der Waals surface area contributed by atoms with Gasteiger partial charge >= 0.3 is 6.09 Å². The summed E-state index contributed by atoms with van der Waals surface area (Å²) in [5.74, 6) is 1.53. The van der Waals surface area contributed by atoms with Gasteiger partial charge in [-0.1, -0.05) is 20.8 Å². The summed E-state index contributed by atoms with van der Waals surface area (Å²) in [7, 11) is 0. The third-order valence-corrected chi connectivity index (χ3v) is 7.57. The fourth-order valence-corrected chi connectivity index (χ4v) is 5.48. The zero-order chi connectivity index (χ0) is 23.7. The minimum atomic E-state index is -1.28. The van der Waals surface area contributed by atoms with E-state index in [1.165, 1.54) is 0 Å². The van der Waals surface area contributed by atoms with Crippen molar-refractivity contribution < 1.29 is 13.9 Å². The van der Waals surface area contributed by atoms with E-state index in [0.717, 1.165) is 36.4 Å². The van der Waals surface area contributed by atoms with Gasteiger partial charge in [-0.15, -0.1) is 0 Å². The number of nitrogens with one attached hydrogen (secondary N) is 3. The molecule has 0 unspecified atom stereocenters. The molecule has 0 aromatic carbocycles. The number of aromatic nitrogens is 5. The molecule has 4 saturated carbocycles. The van der Waals surface area contributed by atoms with Gasteiger partial charge in [0.2, 0.25) is 0 Å². The van der Waals surface area contributed by atoms with Crippen LogP contribution in [0.3, 0.4) is 0 Å². The summed E-state index contributed by atoms with van der Waals surface area (Å²) >= 11 is 0. The number of carbonyl (C=O) groups is 1. The average molecular weight is 468 g/mol. The molecule has 0 aliphatic heterocycles. The Morgan fingerprint density at radius 2 is 2.06 bits per heavy atom. The van der Waals surface area contributed by atoms with E-state index in [4.69, 9.17) is 4.74 Å². The van der Waals surface area contributed by atoms with Crippen LogP contribution in [0.4, 0.5) is 20.8 Å². The van der Waals surface area contributed by atoms with Crippen LogP contribution in [0, 0.1) is 5.92 Å². The van der Waals surface area contributed by atoms with Crippen LogP contribution in [-0.2, 0) is 10.2 Å². The molecule has 3 N–H and O–H groups in total. The number of ether oxygens (including phenoxy) is 1. The van der Waals surface area contributed by atoms with E-state index in [9.17, 15) is 4.79 Å². The van der Waals surface area contributed by atoms with Crippen LogP contribution in [0.5, 0.6) is 0 Å². The van der Waals surface area contributed by atoms with Gasteiger partial charge in [0.05, 0.1) is 5.69 Å². The number of alkyl halides is 1. The third-order valence-electron chi connectivity index (χ3n) is 7.57. The van der Waals surface area contributed by atoms with Crippen molar-refractivity contribution >= 4 is 23.2 Å². The number of alkyl carbamates (subject to hydrolysis) is 1. The van der Waals surface area contributed by atoms with Crippen LogP contribution in [0.25, 0.3) is 5.52 Å². The van der Waals surface area contributed by atoms with Gasteiger partial charge < -0.3 is 15.4 Å². The fraction of sp³-hybridized carbons (Fsp3) is 0.583. The van der Waals surface area contributed by atoms with Crippen molar-refractivity contribution in [1.29, 1.82) is 0 Å². The fourth-order valence-electron chi connectivity index (χ4n) is 5.48. The van der Waals surface area contributed by atoms with Crippen LogP contribution < -0.4 is 10.6 Å². The molecule has 3 aromatic heterocycles. The van der Waals surface area contributed by atoms with Crippen molar-refractivity contribution in [2.75, 3.05) is 5.32 Å². The Labute approximate surface area is 196 Å². The van der Waals surface area contributed by atoms with Crippen molar-refractivity contribution in [1.82, 2.24) is 30.1 Å². The molecular weight excluding hydrogens is 437 g/mol. The third kappa shape index (κ3) is 3.59. The highest BCUT2D eigenvalue weighted by molar-refractivity contribution is 5.72. The Hall–Kier alpha value is -3.17. The maximum absolute atomic E-state index is 15.2. The van der Waals surface area contributed by atoms with Gasteiger partial charge in [0, 0.05) is 41.0 Å². The van der Waals surface area contributed by atoms with E-state index in [0.29, 0.717) is 30.2 Å². The summed E-state index contributed by atoms with van der Waals surface area (Å²) < 4.78 is 22.4. The summed E-state index contributed by atoms with van der Waals surface area (Å²) in [6.45, 7) is 6.33. The first-order valence-electron chi connectivity index (χ1n) is 12.0. The van der Waals surface area contributed by atoms with Gasteiger partial charge in [0.25, 0.3) is 0 Å². The van der Waals surface area contributed by atoms with Crippen LogP contribution in [0.2, 0.25) is 0 Å². The number of carbonyl (C=O) groups excluding carboxylic acids is 1. The number of nitrogens with zero attached hydrogens (tertiary/aromatic N) is 4. The number of hydrogen-bond acceptors (Lipinski definition) is 6. The number of rotatable bonds is 5. The lowest BCUT2D eigenvalue weighted by Gasteiger charge is -2.61. The summed E-state index contributed by atoms with van der Waals surface area (Å²) in [6, 6.07) is 3.81. The Balaban J connectivity index is 1.12. The van der Waals surface area contributed by atoms with E-state index in [1.54, 1.807) is 16.8 Å². The predicted octanol–water partition coefficient (Wildman–Crippen LogP) is 4.36. The minimum absolute atomic E-state index is 0.0738. The minimum Gasteiger partial charge on any atom is -0.443 e. The lowest BCUT2D eigenvalue weighted by Crippen LogP contribution is -2.68. The molecule has 10 heteroatoms. The average Bonchev–Trinajstić information content (AvgIpc) is 3.43. The number of amides is 1. The Morgan fingerprint density at radius 3 is 2.76 bits per heavy atom. The normalized spacial score (nSPS) is 30.0. The molecule has 0 radical (unpaired) electrons. The summed E-state index contributed by atoms with van der Waals surface area (Å²) in [6.07, 6.45) is 5.12. The Kier molecular flexibility index (Phi) is 4.66. The molecule has 4 aliphatic carbocycles. The lowest BCUT2D eigenvalue weighted by atomic mass is 9.50. The molecule has 0 saturated heterocycles. The number of fused-ring (bicyclic) bond motifs is 1. The smallest absolute Gasteiger partial charge is 0.407 e. The van der Waals surface area contributed by atoms with Gasteiger partial charge in [0.1, 0.15) is 17.8 Å². The van der Waals surface area contributed by atoms with E-state index in [1.807, 2.05) is 12.3 Å². The largest absolute Gasteiger partial charge is 0.443 e. The zero-order valence-corrected chi connectivity index (χ0v) is 19.6. The first kappa shape index (κ1) is 21.4. The molecule has 34 heavy (non-hydrogen) atoms. The highest BCUT2D eigenvalue weighted by atomic mass is 19.1. The summed E-state index contributed by atoms with van der Waals surface area (Å²) in [5, 5.41) is 18.1. The number of halogens is 1. The van der Waals surface area contributed by atoms with Gasteiger partial charge in [0.15, 0.2) is 11.6 Å². The molecule has 3 heterocycles. The molecule has 4 aliphatic rings. The second kappa shape index (κ2) is 7.41. The van der Waals surface area contributed by atoms with Crippen LogP contribution >= 0.6 is 0 Å². The van der Waals surface area contributed by atoms with Crippen molar-refractivity contribution in [3.05, 3.63) is 35.9 Å². The number of aromatic amines is 1. The SMILES string of the molecule is CC(C)(C)c1cc2c(Nc3cc([C@H]4CC[C@@H](OC(=O)NC56CC(C5)C6)[C@H]4F)[nH]n3)nccn2n1. The van der Waals surface area contributed by atoms with Gasteiger partial charge in [-0.3, -0.25) is 5.10 Å². The molecule has 3 aromatic rings. The van der Waals surface area contributed by atoms with Crippen LogP contribution in [-0.4, -0.2) is 48.7 Å². The molecule has 3 atom stereocenters. The van der Waals surface area contributed by atoms with Crippen LogP contribution in [0.1, 0.15) is 70.2 Å². The van der Waals surface area contributed by atoms with Gasteiger partial charge in [-0.2, -0.15) is 10.2 Å². The number of H-pyrrole nitrogens is 1. The topological polar surface area (TPSA) is 109 Å². The van der Waals surface area contributed by atoms with E-state index in [-0.39, 0.29) is 11.0 Å². The predicted molar refractivity (Wildman–Crippen MR) is 124 cm³/mol. The highest BCUT2D eigenvalue weighted by Gasteiger charge is 2.58. The maximum Gasteiger partial charge on any atom is 0.407 e. The maximum atomic E-state index is 15.2.